The van der Waals surface area contributed by atoms with Crippen molar-refractivity contribution in [2.75, 3.05) is 32.1 Å². The second-order valence-electron chi connectivity index (χ2n) is 5.03. The fourth-order valence-electron chi connectivity index (χ4n) is 2.45. The van der Waals surface area contributed by atoms with Gasteiger partial charge < -0.3 is 10.1 Å². The predicted octanol–water partition coefficient (Wildman–Crippen LogP) is 1.86. The number of aryl methyl sites for hydroxylation is 1. The zero-order valence-electron chi connectivity index (χ0n) is 12.2. The van der Waals surface area contributed by atoms with Crippen LogP contribution in [0.15, 0.2) is 17.8 Å². The van der Waals surface area contributed by atoms with Gasteiger partial charge in [0.2, 0.25) is 0 Å². The third-order valence-electron chi connectivity index (χ3n) is 3.51. The van der Waals surface area contributed by atoms with Gasteiger partial charge in [0.25, 0.3) is 0 Å². The normalized spacial score (nSPS) is 19.6. The first-order valence-corrected chi connectivity index (χ1v) is 7.86. The van der Waals surface area contributed by atoms with E-state index in [4.69, 9.17) is 4.74 Å². The highest BCUT2D eigenvalue weighted by molar-refractivity contribution is 7.09. The molecule has 21 heavy (non-hydrogen) atoms. The molecule has 7 heteroatoms. The van der Waals surface area contributed by atoms with Gasteiger partial charge in [0.1, 0.15) is 11.6 Å². The van der Waals surface area contributed by atoms with E-state index in [1.54, 1.807) is 11.3 Å². The number of thiazole rings is 1. The topological polar surface area (TPSA) is 63.2 Å². The molecule has 0 amide bonds. The molecule has 2 aromatic rings. The summed E-state index contributed by atoms with van der Waals surface area (Å²) in [6, 6.07) is 2.04. The summed E-state index contributed by atoms with van der Waals surface area (Å²) >= 11 is 1.68. The molecule has 1 atom stereocenters. The molecule has 2 aromatic heterocycles. The highest BCUT2D eigenvalue weighted by atomic mass is 32.1. The first-order chi connectivity index (χ1) is 10.3. The molecule has 0 bridgehead atoms. The van der Waals surface area contributed by atoms with Crippen molar-refractivity contribution in [2.24, 2.45) is 0 Å². The van der Waals surface area contributed by atoms with E-state index in [-0.39, 0.29) is 6.04 Å². The zero-order chi connectivity index (χ0) is 14.7. The maximum absolute atomic E-state index is 5.65. The van der Waals surface area contributed by atoms with Crippen molar-refractivity contribution in [1.82, 2.24) is 19.9 Å². The van der Waals surface area contributed by atoms with Crippen LogP contribution in [0, 0.1) is 6.92 Å². The van der Waals surface area contributed by atoms with Crippen molar-refractivity contribution in [1.29, 1.82) is 0 Å². The first kappa shape index (κ1) is 14.4. The van der Waals surface area contributed by atoms with Crippen molar-refractivity contribution < 1.29 is 4.74 Å². The molecule has 1 aliphatic rings. The Bertz CT molecular complexity index is 589. The monoisotopic (exact) mass is 305 g/mol. The van der Waals surface area contributed by atoms with Crippen molar-refractivity contribution in [3.05, 3.63) is 34.2 Å². The lowest BCUT2D eigenvalue weighted by Gasteiger charge is -2.34. The van der Waals surface area contributed by atoms with Crippen LogP contribution in [0.25, 0.3) is 0 Å². The summed E-state index contributed by atoms with van der Waals surface area (Å²) in [5, 5.41) is 3.09. The van der Waals surface area contributed by atoms with Gasteiger partial charge in [-0.25, -0.2) is 9.97 Å². The number of hydrogen-bond acceptors (Lipinski definition) is 7. The van der Waals surface area contributed by atoms with Crippen molar-refractivity contribution in [3.63, 3.8) is 0 Å². The van der Waals surface area contributed by atoms with Crippen molar-refractivity contribution in [2.45, 2.75) is 19.5 Å². The summed E-state index contributed by atoms with van der Waals surface area (Å²) < 4.78 is 5.65. The minimum absolute atomic E-state index is 0.0906. The molecule has 1 N–H and O–H groups in total. The Balaban J connectivity index is 1.85. The van der Waals surface area contributed by atoms with Gasteiger partial charge >= 0.3 is 0 Å². The van der Waals surface area contributed by atoms with Gasteiger partial charge in [0.15, 0.2) is 0 Å². The Morgan fingerprint density at radius 2 is 2.38 bits per heavy atom. The van der Waals surface area contributed by atoms with E-state index >= 15 is 0 Å². The average Bonchev–Trinajstić information content (AvgIpc) is 3.00. The van der Waals surface area contributed by atoms with E-state index in [1.165, 1.54) is 4.88 Å². The molecule has 0 radical (unpaired) electrons. The molecule has 1 unspecified atom stereocenters. The zero-order valence-corrected chi connectivity index (χ0v) is 13.1. The number of hydrogen-bond donors (Lipinski definition) is 1. The van der Waals surface area contributed by atoms with Gasteiger partial charge in [-0.3, -0.25) is 9.88 Å². The number of anilines is 1. The molecule has 1 saturated heterocycles. The lowest BCUT2D eigenvalue weighted by Crippen LogP contribution is -2.39. The van der Waals surface area contributed by atoms with Crippen molar-refractivity contribution in [3.8, 4) is 0 Å². The van der Waals surface area contributed by atoms with Crippen LogP contribution in [-0.2, 0) is 11.3 Å². The first-order valence-electron chi connectivity index (χ1n) is 6.99. The maximum Gasteiger partial charge on any atom is 0.150 e. The molecule has 0 spiro atoms. The van der Waals surface area contributed by atoms with Crippen LogP contribution in [0.5, 0.6) is 0 Å². The molecule has 112 valence electrons. The highest BCUT2D eigenvalue weighted by Crippen LogP contribution is 2.25. The smallest absolute Gasteiger partial charge is 0.150 e. The van der Waals surface area contributed by atoms with Crippen LogP contribution in [0.3, 0.4) is 0 Å². The molecule has 3 heterocycles. The molecule has 3 rings (SSSR count). The maximum atomic E-state index is 5.65. The summed E-state index contributed by atoms with van der Waals surface area (Å²) in [5.74, 6) is 1.67. The molecule has 0 saturated carbocycles. The standard InChI is InChI=1S/C14H19N5OS/c1-10-5-13(15-2)18-14(17-10)12-8-20-4-3-19(12)7-11-6-16-9-21-11/h5-6,9,12H,3-4,7-8H2,1-2H3,(H,15,17,18). The van der Waals surface area contributed by atoms with E-state index in [1.807, 2.05) is 31.7 Å². The van der Waals surface area contributed by atoms with Gasteiger partial charge in [-0.15, -0.1) is 11.3 Å². The average molecular weight is 305 g/mol. The quantitative estimate of drug-likeness (QED) is 0.930. The SMILES string of the molecule is CNc1cc(C)nc(C2COCCN2Cc2cncs2)n1. The predicted molar refractivity (Wildman–Crippen MR) is 82.4 cm³/mol. The van der Waals surface area contributed by atoms with Crippen LogP contribution in [0.1, 0.15) is 22.4 Å². The molecule has 6 nitrogen and oxygen atoms in total. The summed E-state index contributed by atoms with van der Waals surface area (Å²) in [6.07, 6.45) is 1.92. The third kappa shape index (κ3) is 3.37. The minimum Gasteiger partial charge on any atom is -0.378 e. The van der Waals surface area contributed by atoms with Gasteiger partial charge in [0.05, 0.1) is 24.8 Å². The van der Waals surface area contributed by atoms with Gasteiger partial charge in [-0.05, 0) is 6.92 Å². The Morgan fingerprint density at radius 3 is 3.14 bits per heavy atom. The molecule has 1 aliphatic heterocycles. The second kappa shape index (κ2) is 6.46. The van der Waals surface area contributed by atoms with E-state index in [9.17, 15) is 0 Å². The summed E-state index contributed by atoms with van der Waals surface area (Å²) in [6.45, 7) is 5.12. The number of aromatic nitrogens is 3. The Morgan fingerprint density at radius 1 is 1.48 bits per heavy atom. The van der Waals surface area contributed by atoms with Crippen LogP contribution < -0.4 is 5.32 Å². The van der Waals surface area contributed by atoms with Crippen LogP contribution in [-0.4, -0.2) is 46.7 Å². The molecular formula is C14H19N5OS. The molecule has 0 aliphatic carbocycles. The number of rotatable bonds is 4. The fraction of sp³-hybridized carbons (Fsp3) is 0.500. The molecule has 1 fully saturated rings. The van der Waals surface area contributed by atoms with Crippen molar-refractivity contribution >= 4 is 17.2 Å². The summed E-state index contributed by atoms with van der Waals surface area (Å²) in [5.41, 5.74) is 2.83. The van der Waals surface area contributed by atoms with Crippen LogP contribution >= 0.6 is 11.3 Å². The number of ether oxygens (including phenoxy) is 1. The summed E-state index contributed by atoms with van der Waals surface area (Å²) in [4.78, 5) is 17.0. The highest BCUT2D eigenvalue weighted by Gasteiger charge is 2.27. The molecular weight excluding hydrogens is 286 g/mol. The lowest BCUT2D eigenvalue weighted by molar-refractivity contribution is -0.0155. The Labute approximate surface area is 128 Å². The second-order valence-corrected chi connectivity index (χ2v) is 6.00. The van der Waals surface area contributed by atoms with E-state index in [0.29, 0.717) is 6.61 Å². The van der Waals surface area contributed by atoms with Crippen LogP contribution in [0.4, 0.5) is 5.82 Å². The number of nitrogens with zero attached hydrogens (tertiary/aromatic N) is 4. The van der Waals surface area contributed by atoms with Crippen LogP contribution in [0.2, 0.25) is 0 Å². The largest absolute Gasteiger partial charge is 0.378 e. The van der Waals surface area contributed by atoms with E-state index < -0.39 is 0 Å². The number of nitrogens with one attached hydrogen (secondary N) is 1. The van der Waals surface area contributed by atoms with Gasteiger partial charge in [0, 0.05) is 43.0 Å². The number of morpholine rings is 1. The van der Waals surface area contributed by atoms with E-state index in [2.05, 4.69) is 25.2 Å². The third-order valence-corrected chi connectivity index (χ3v) is 4.27. The fourth-order valence-corrected chi connectivity index (χ4v) is 3.07. The Hall–Kier alpha value is -1.57. The Kier molecular flexibility index (Phi) is 4.42. The summed E-state index contributed by atoms with van der Waals surface area (Å²) in [7, 11) is 1.87. The lowest BCUT2D eigenvalue weighted by atomic mass is 10.2. The minimum atomic E-state index is 0.0906. The molecule has 0 aromatic carbocycles. The van der Waals surface area contributed by atoms with E-state index in [0.717, 1.165) is 37.0 Å². The van der Waals surface area contributed by atoms with Gasteiger partial charge in [-0.2, -0.15) is 0 Å². The van der Waals surface area contributed by atoms with Gasteiger partial charge in [-0.1, -0.05) is 0 Å².